The summed E-state index contributed by atoms with van der Waals surface area (Å²) in [6.45, 7) is 9.03. The molecule has 118 valence electrons. The molecule has 2 aromatic rings. The molecule has 0 radical (unpaired) electrons. The van der Waals surface area contributed by atoms with Crippen LogP contribution in [0.3, 0.4) is 0 Å². The van der Waals surface area contributed by atoms with Crippen LogP contribution in [-0.4, -0.2) is 40.8 Å². The Morgan fingerprint density at radius 2 is 1.91 bits per heavy atom. The Bertz CT molecular complexity index is 591. The van der Waals surface area contributed by atoms with Gasteiger partial charge in [-0.1, -0.05) is 6.92 Å². The molecule has 1 aromatic carbocycles. The van der Waals surface area contributed by atoms with Crippen molar-refractivity contribution in [1.82, 2.24) is 14.9 Å². The molecule has 0 saturated heterocycles. The lowest BCUT2D eigenvalue weighted by molar-refractivity contribution is 0.317. The molecule has 6 nitrogen and oxygen atoms in total. The van der Waals surface area contributed by atoms with Crippen molar-refractivity contribution in [2.24, 2.45) is 5.10 Å². The van der Waals surface area contributed by atoms with Crippen molar-refractivity contribution >= 4 is 11.9 Å². The van der Waals surface area contributed by atoms with Gasteiger partial charge in [0, 0.05) is 30.4 Å². The van der Waals surface area contributed by atoms with Gasteiger partial charge in [0.2, 0.25) is 0 Å². The topological polar surface area (TPSA) is 55.5 Å². The highest BCUT2D eigenvalue weighted by Crippen LogP contribution is 2.25. The Morgan fingerprint density at radius 1 is 1.18 bits per heavy atom. The largest absolute Gasteiger partial charge is 0.493 e. The molecule has 0 aliphatic rings. The molecule has 0 spiro atoms. The molecule has 0 unspecified atom stereocenters. The van der Waals surface area contributed by atoms with E-state index in [1.54, 1.807) is 23.5 Å². The first-order chi connectivity index (χ1) is 10.8. The maximum Gasteiger partial charge on any atom is 0.141 e. The third-order valence-corrected chi connectivity index (χ3v) is 3.32. The first kappa shape index (κ1) is 16.0. The molecular weight excluding hydrogens is 278 g/mol. The van der Waals surface area contributed by atoms with E-state index in [0.29, 0.717) is 6.61 Å². The van der Waals surface area contributed by atoms with Crippen molar-refractivity contribution in [1.29, 1.82) is 0 Å². The fourth-order valence-electron chi connectivity index (χ4n) is 2.14. The van der Waals surface area contributed by atoms with E-state index in [4.69, 9.17) is 4.74 Å². The molecule has 0 fully saturated rings. The molecular formula is C16H23N5O. The van der Waals surface area contributed by atoms with Crippen molar-refractivity contribution in [3.05, 3.63) is 36.4 Å². The monoisotopic (exact) mass is 301 g/mol. The van der Waals surface area contributed by atoms with Crippen molar-refractivity contribution in [2.75, 3.05) is 24.6 Å². The van der Waals surface area contributed by atoms with Gasteiger partial charge in [0.1, 0.15) is 18.4 Å². The van der Waals surface area contributed by atoms with Gasteiger partial charge in [-0.25, -0.2) is 4.68 Å². The Hall–Kier alpha value is -2.37. The highest BCUT2D eigenvalue weighted by Gasteiger charge is 2.07. The standard InChI is InChI=1S/C16H23N5O/c1-4-9-22-16-10-15(20(5-2)6-3)8-7-14(16)11-19-21-12-17-18-13-21/h7-8,10-13H,4-6,9H2,1-3H3. The van der Waals surface area contributed by atoms with Gasteiger partial charge in [-0.15, -0.1) is 10.2 Å². The zero-order valence-electron chi connectivity index (χ0n) is 13.4. The number of benzene rings is 1. The summed E-state index contributed by atoms with van der Waals surface area (Å²) in [5.74, 6) is 0.850. The van der Waals surface area contributed by atoms with Crippen LogP contribution in [0.4, 0.5) is 5.69 Å². The van der Waals surface area contributed by atoms with Crippen LogP contribution < -0.4 is 9.64 Å². The lowest BCUT2D eigenvalue weighted by atomic mass is 10.1. The zero-order chi connectivity index (χ0) is 15.8. The van der Waals surface area contributed by atoms with Crippen LogP contribution in [0, 0.1) is 0 Å². The second-order valence-electron chi connectivity index (χ2n) is 4.83. The average Bonchev–Trinajstić information content (AvgIpc) is 3.06. The number of rotatable bonds is 8. The first-order valence-corrected chi connectivity index (χ1v) is 7.69. The zero-order valence-corrected chi connectivity index (χ0v) is 13.4. The van der Waals surface area contributed by atoms with Crippen LogP contribution in [0.1, 0.15) is 32.8 Å². The second-order valence-corrected chi connectivity index (χ2v) is 4.83. The third-order valence-electron chi connectivity index (χ3n) is 3.32. The van der Waals surface area contributed by atoms with Crippen molar-refractivity contribution < 1.29 is 4.74 Å². The maximum atomic E-state index is 5.88. The van der Waals surface area contributed by atoms with Crippen LogP contribution in [0.15, 0.2) is 36.0 Å². The smallest absolute Gasteiger partial charge is 0.141 e. The highest BCUT2D eigenvalue weighted by molar-refractivity contribution is 5.84. The van der Waals surface area contributed by atoms with Crippen molar-refractivity contribution in [2.45, 2.75) is 27.2 Å². The van der Waals surface area contributed by atoms with Gasteiger partial charge in [0.15, 0.2) is 0 Å². The van der Waals surface area contributed by atoms with E-state index in [0.717, 1.165) is 36.5 Å². The molecule has 0 aliphatic carbocycles. The summed E-state index contributed by atoms with van der Waals surface area (Å²) in [5.41, 5.74) is 2.11. The summed E-state index contributed by atoms with van der Waals surface area (Å²) in [6.07, 6.45) is 5.83. The predicted octanol–water partition coefficient (Wildman–Crippen LogP) is 2.80. The summed E-state index contributed by atoms with van der Waals surface area (Å²) in [4.78, 5) is 2.29. The van der Waals surface area contributed by atoms with E-state index in [-0.39, 0.29) is 0 Å². The number of nitrogens with zero attached hydrogens (tertiary/aromatic N) is 5. The molecule has 0 bridgehead atoms. The van der Waals surface area contributed by atoms with E-state index in [1.165, 1.54) is 0 Å². The average molecular weight is 301 g/mol. The van der Waals surface area contributed by atoms with Gasteiger partial charge in [-0.2, -0.15) is 5.10 Å². The number of hydrogen-bond acceptors (Lipinski definition) is 5. The molecule has 0 saturated carbocycles. The predicted molar refractivity (Wildman–Crippen MR) is 88.8 cm³/mol. The van der Waals surface area contributed by atoms with Gasteiger partial charge in [0.25, 0.3) is 0 Å². The highest BCUT2D eigenvalue weighted by atomic mass is 16.5. The van der Waals surface area contributed by atoms with Crippen LogP contribution >= 0.6 is 0 Å². The summed E-state index contributed by atoms with van der Waals surface area (Å²) < 4.78 is 7.44. The molecule has 0 N–H and O–H groups in total. The molecule has 1 heterocycles. The van der Waals surface area contributed by atoms with Gasteiger partial charge < -0.3 is 9.64 Å². The van der Waals surface area contributed by atoms with E-state index in [1.807, 2.05) is 6.07 Å². The lowest BCUT2D eigenvalue weighted by Gasteiger charge is -2.22. The van der Waals surface area contributed by atoms with E-state index < -0.39 is 0 Å². The van der Waals surface area contributed by atoms with E-state index >= 15 is 0 Å². The van der Waals surface area contributed by atoms with Gasteiger partial charge in [0.05, 0.1) is 12.8 Å². The Kier molecular flexibility index (Phi) is 5.94. The quantitative estimate of drug-likeness (QED) is 0.704. The van der Waals surface area contributed by atoms with Crippen LogP contribution in [0.25, 0.3) is 0 Å². The number of anilines is 1. The molecule has 2 rings (SSSR count). The molecule has 0 atom stereocenters. The van der Waals surface area contributed by atoms with Gasteiger partial charge in [-0.3, -0.25) is 0 Å². The van der Waals surface area contributed by atoms with E-state index in [9.17, 15) is 0 Å². The Labute approximate surface area is 131 Å². The minimum atomic E-state index is 0.690. The summed E-state index contributed by atoms with van der Waals surface area (Å²) in [5, 5.41) is 11.7. The first-order valence-electron chi connectivity index (χ1n) is 7.69. The van der Waals surface area contributed by atoms with E-state index in [2.05, 4.69) is 53.1 Å². The molecule has 1 aromatic heterocycles. The Balaban J connectivity index is 2.27. The summed E-state index contributed by atoms with van der Waals surface area (Å²) in [7, 11) is 0. The number of hydrogen-bond donors (Lipinski definition) is 0. The minimum absolute atomic E-state index is 0.690. The lowest BCUT2D eigenvalue weighted by Crippen LogP contribution is -2.21. The van der Waals surface area contributed by atoms with Crippen molar-refractivity contribution in [3.63, 3.8) is 0 Å². The van der Waals surface area contributed by atoms with Crippen molar-refractivity contribution in [3.8, 4) is 5.75 Å². The molecule has 0 amide bonds. The van der Waals surface area contributed by atoms with Crippen LogP contribution in [-0.2, 0) is 0 Å². The maximum absolute atomic E-state index is 5.88. The SMILES string of the molecule is CCCOc1cc(N(CC)CC)ccc1C=Nn1cnnc1. The fraction of sp³-hybridized carbons (Fsp3) is 0.438. The third kappa shape index (κ3) is 4.07. The Morgan fingerprint density at radius 3 is 2.55 bits per heavy atom. The van der Waals surface area contributed by atoms with Gasteiger partial charge in [-0.05, 0) is 32.4 Å². The fourth-order valence-corrected chi connectivity index (χ4v) is 2.14. The second kappa shape index (κ2) is 8.17. The summed E-state index contributed by atoms with van der Waals surface area (Å²) in [6, 6.07) is 6.21. The summed E-state index contributed by atoms with van der Waals surface area (Å²) >= 11 is 0. The van der Waals surface area contributed by atoms with Crippen LogP contribution in [0.2, 0.25) is 0 Å². The normalized spacial score (nSPS) is 11.0. The molecule has 6 heteroatoms. The molecule has 22 heavy (non-hydrogen) atoms. The number of ether oxygens (including phenoxy) is 1. The molecule has 0 aliphatic heterocycles. The van der Waals surface area contributed by atoms with Gasteiger partial charge >= 0.3 is 0 Å². The minimum Gasteiger partial charge on any atom is -0.493 e. The van der Waals surface area contributed by atoms with Crippen LogP contribution in [0.5, 0.6) is 5.75 Å². The number of aromatic nitrogens is 3.